The lowest BCUT2D eigenvalue weighted by Gasteiger charge is -2.55. The van der Waals surface area contributed by atoms with E-state index in [-0.39, 0.29) is 18.5 Å². The summed E-state index contributed by atoms with van der Waals surface area (Å²) in [5.74, 6) is 6.65. The Kier molecular flexibility index (Phi) is 3.54. The molecule has 4 aliphatic rings. The van der Waals surface area contributed by atoms with Gasteiger partial charge < -0.3 is 11.1 Å². The van der Waals surface area contributed by atoms with Gasteiger partial charge in [-0.1, -0.05) is 5.92 Å². The van der Waals surface area contributed by atoms with Gasteiger partial charge in [-0.15, -0.1) is 6.42 Å². The van der Waals surface area contributed by atoms with Crippen molar-refractivity contribution >= 4 is 5.91 Å². The van der Waals surface area contributed by atoms with Crippen LogP contribution in [-0.2, 0) is 4.79 Å². The van der Waals surface area contributed by atoms with E-state index in [1.54, 1.807) is 0 Å². The first-order valence-corrected chi connectivity index (χ1v) is 7.64. The molecule has 0 aliphatic heterocycles. The van der Waals surface area contributed by atoms with E-state index in [1.165, 1.54) is 32.1 Å². The minimum absolute atomic E-state index is 0.0771. The summed E-state index contributed by atoms with van der Waals surface area (Å²) < 4.78 is 0. The van der Waals surface area contributed by atoms with Crippen molar-refractivity contribution in [3.63, 3.8) is 0 Å². The highest BCUT2D eigenvalue weighted by Crippen LogP contribution is 2.57. The molecular formula is C16H24N2O. The van der Waals surface area contributed by atoms with Crippen LogP contribution < -0.4 is 11.1 Å². The van der Waals surface area contributed by atoms with Crippen LogP contribution in [0.25, 0.3) is 0 Å². The van der Waals surface area contributed by atoms with Crippen LogP contribution in [0.5, 0.6) is 0 Å². The largest absolute Gasteiger partial charge is 0.344 e. The zero-order valence-electron chi connectivity index (χ0n) is 11.5. The van der Waals surface area contributed by atoms with E-state index in [9.17, 15) is 4.79 Å². The predicted octanol–water partition coefficient (Wildman–Crippen LogP) is 1.53. The van der Waals surface area contributed by atoms with Gasteiger partial charge in [0.15, 0.2) is 0 Å². The lowest BCUT2D eigenvalue weighted by atomic mass is 9.51. The molecule has 104 valence electrons. The molecule has 0 aromatic rings. The van der Waals surface area contributed by atoms with E-state index in [1.807, 2.05) is 0 Å². The average molecular weight is 260 g/mol. The Morgan fingerprint density at radius 1 is 1.21 bits per heavy atom. The first-order valence-electron chi connectivity index (χ1n) is 7.64. The fraction of sp³-hybridized carbons (Fsp3) is 0.812. The summed E-state index contributed by atoms with van der Waals surface area (Å²) in [6.45, 7) is 0.286. The number of nitrogens with two attached hydrogens (primary N) is 1. The number of terminal acetylenes is 1. The van der Waals surface area contributed by atoms with Crippen LogP contribution in [0.4, 0.5) is 0 Å². The Morgan fingerprint density at radius 3 is 2.32 bits per heavy atom. The number of hydrogen-bond donors (Lipinski definition) is 2. The van der Waals surface area contributed by atoms with E-state index < -0.39 is 0 Å². The van der Waals surface area contributed by atoms with Gasteiger partial charge in [0.1, 0.15) is 0 Å². The average Bonchev–Trinajstić information content (AvgIpc) is 2.39. The number of nitrogens with one attached hydrogen (secondary N) is 1. The van der Waals surface area contributed by atoms with Gasteiger partial charge in [-0.25, -0.2) is 0 Å². The highest BCUT2D eigenvalue weighted by atomic mass is 16.2. The first kappa shape index (κ1) is 13.0. The van der Waals surface area contributed by atoms with Crippen LogP contribution in [-0.4, -0.2) is 18.5 Å². The summed E-state index contributed by atoms with van der Waals surface area (Å²) in [7, 11) is 0. The van der Waals surface area contributed by atoms with Gasteiger partial charge in [0, 0.05) is 0 Å². The third-order valence-electron chi connectivity index (χ3n) is 5.65. The fourth-order valence-corrected chi connectivity index (χ4v) is 5.09. The molecule has 4 aliphatic carbocycles. The third kappa shape index (κ3) is 2.51. The molecular weight excluding hydrogens is 236 g/mol. The predicted molar refractivity (Wildman–Crippen MR) is 75.0 cm³/mol. The van der Waals surface area contributed by atoms with Crippen molar-refractivity contribution in [3.8, 4) is 12.3 Å². The molecule has 4 fully saturated rings. The van der Waals surface area contributed by atoms with E-state index >= 15 is 0 Å². The summed E-state index contributed by atoms with van der Waals surface area (Å²) in [4.78, 5) is 11.8. The summed E-state index contributed by atoms with van der Waals surface area (Å²) in [5.41, 5.74) is 6.06. The van der Waals surface area contributed by atoms with Gasteiger partial charge in [-0.05, 0) is 68.1 Å². The van der Waals surface area contributed by atoms with Crippen LogP contribution in [0.15, 0.2) is 0 Å². The molecule has 19 heavy (non-hydrogen) atoms. The van der Waals surface area contributed by atoms with Crippen LogP contribution in [0, 0.1) is 41.9 Å². The van der Waals surface area contributed by atoms with E-state index in [4.69, 9.17) is 12.2 Å². The molecule has 3 heteroatoms. The Balaban J connectivity index is 1.58. The quantitative estimate of drug-likeness (QED) is 0.753. The van der Waals surface area contributed by atoms with Gasteiger partial charge in [-0.3, -0.25) is 4.79 Å². The molecule has 0 saturated heterocycles. The molecule has 0 radical (unpaired) electrons. The lowest BCUT2D eigenvalue weighted by molar-refractivity contribution is -0.123. The molecule has 0 spiro atoms. The first-order chi connectivity index (χ1) is 9.17. The SMILES string of the molecule is C#CCNC(=O)C(N)CC1C2CC3CC(C2)CC1C3. The van der Waals surface area contributed by atoms with Crippen molar-refractivity contribution < 1.29 is 4.79 Å². The number of hydrogen-bond acceptors (Lipinski definition) is 2. The smallest absolute Gasteiger partial charge is 0.237 e. The molecule has 0 aromatic carbocycles. The molecule has 1 unspecified atom stereocenters. The lowest BCUT2D eigenvalue weighted by Crippen LogP contribution is -2.49. The Bertz CT molecular complexity index is 370. The monoisotopic (exact) mass is 260 g/mol. The third-order valence-corrected chi connectivity index (χ3v) is 5.65. The van der Waals surface area contributed by atoms with Crippen LogP contribution in [0.3, 0.4) is 0 Å². The highest BCUT2D eigenvalue weighted by Gasteiger charge is 2.48. The fourth-order valence-electron chi connectivity index (χ4n) is 5.09. The molecule has 0 heterocycles. The minimum atomic E-state index is -0.379. The van der Waals surface area contributed by atoms with Crippen LogP contribution >= 0.6 is 0 Å². The van der Waals surface area contributed by atoms with Crippen molar-refractivity contribution in [3.05, 3.63) is 0 Å². The molecule has 1 atom stereocenters. The zero-order chi connectivity index (χ0) is 13.4. The maximum Gasteiger partial charge on any atom is 0.237 e. The van der Waals surface area contributed by atoms with Crippen molar-refractivity contribution in [2.45, 2.75) is 44.6 Å². The van der Waals surface area contributed by atoms with Gasteiger partial charge in [-0.2, -0.15) is 0 Å². The van der Waals surface area contributed by atoms with Crippen molar-refractivity contribution in [1.82, 2.24) is 5.32 Å². The maximum atomic E-state index is 11.8. The maximum absolute atomic E-state index is 11.8. The van der Waals surface area contributed by atoms with Crippen molar-refractivity contribution in [2.24, 2.45) is 35.3 Å². The Hall–Kier alpha value is -1.01. The Labute approximate surface area is 115 Å². The number of carbonyl (C=O) groups is 1. The van der Waals surface area contributed by atoms with Gasteiger partial charge in [0.05, 0.1) is 12.6 Å². The number of carbonyl (C=O) groups excluding carboxylic acids is 1. The summed E-state index contributed by atoms with van der Waals surface area (Å²) in [6.07, 6.45) is 13.0. The van der Waals surface area contributed by atoms with Crippen molar-refractivity contribution in [2.75, 3.05) is 6.54 Å². The second-order valence-electron chi connectivity index (χ2n) is 6.86. The molecule has 0 aromatic heterocycles. The minimum Gasteiger partial charge on any atom is -0.344 e. The highest BCUT2D eigenvalue weighted by molar-refractivity contribution is 5.81. The van der Waals surface area contributed by atoms with Crippen LogP contribution in [0.1, 0.15) is 38.5 Å². The molecule has 4 rings (SSSR count). The summed E-state index contributed by atoms with van der Waals surface area (Å²) >= 11 is 0. The molecule has 4 saturated carbocycles. The van der Waals surface area contributed by atoms with Gasteiger partial charge >= 0.3 is 0 Å². The zero-order valence-corrected chi connectivity index (χ0v) is 11.5. The molecule has 3 N–H and O–H groups in total. The van der Waals surface area contributed by atoms with Gasteiger partial charge in [0.25, 0.3) is 0 Å². The van der Waals surface area contributed by atoms with E-state index in [2.05, 4.69) is 11.2 Å². The summed E-state index contributed by atoms with van der Waals surface area (Å²) in [6, 6.07) is -0.379. The van der Waals surface area contributed by atoms with E-state index in [0.717, 1.165) is 30.1 Å². The second-order valence-corrected chi connectivity index (χ2v) is 6.86. The molecule has 4 bridgehead atoms. The number of amides is 1. The van der Waals surface area contributed by atoms with Crippen LogP contribution in [0.2, 0.25) is 0 Å². The second kappa shape index (κ2) is 5.17. The standard InChI is InChI=1S/C16H24N2O/c1-2-3-18-16(19)15(17)9-14-12-5-10-4-11(7-12)8-13(14)6-10/h1,10-15H,3-9,17H2,(H,18,19). The topological polar surface area (TPSA) is 55.1 Å². The normalized spacial score (nSPS) is 40.7. The molecule has 3 nitrogen and oxygen atoms in total. The Morgan fingerprint density at radius 2 is 1.79 bits per heavy atom. The molecule has 1 amide bonds. The van der Waals surface area contributed by atoms with Gasteiger partial charge in [0.2, 0.25) is 5.91 Å². The van der Waals surface area contributed by atoms with E-state index in [0.29, 0.717) is 5.92 Å². The summed E-state index contributed by atoms with van der Waals surface area (Å²) in [5, 5.41) is 2.70. The van der Waals surface area contributed by atoms with Crippen molar-refractivity contribution in [1.29, 1.82) is 0 Å². The number of rotatable bonds is 4.